The predicted octanol–water partition coefficient (Wildman–Crippen LogP) is 2.40. The van der Waals surface area contributed by atoms with E-state index in [-0.39, 0.29) is 11.9 Å². The van der Waals surface area contributed by atoms with Gasteiger partial charge in [0.1, 0.15) is 5.54 Å². The maximum absolute atomic E-state index is 12.8. The van der Waals surface area contributed by atoms with Gasteiger partial charge in [-0.3, -0.25) is 9.69 Å². The van der Waals surface area contributed by atoms with Crippen molar-refractivity contribution in [3.8, 4) is 0 Å². The van der Waals surface area contributed by atoms with Crippen molar-refractivity contribution in [3.63, 3.8) is 0 Å². The Morgan fingerprint density at radius 3 is 2.90 bits per heavy atom. The minimum absolute atomic E-state index is 0.125. The van der Waals surface area contributed by atoms with Crippen molar-refractivity contribution in [1.82, 2.24) is 10.2 Å². The van der Waals surface area contributed by atoms with Crippen molar-refractivity contribution >= 4 is 23.5 Å². The summed E-state index contributed by atoms with van der Waals surface area (Å²) in [5.74, 6) is 0.320. The molecule has 0 saturated carbocycles. The lowest BCUT2D eigenvalue weighted by atomic mass is 9.76. The van der Waals surface area contributed by atoms with Crippen molar-refractivity contribution in [2.75, 3.05) is 12.4 Å². The maximum Gasteiger partial charge on any atom is 0.325 e. The average Bonchev–Trinajstić information content (AvgIpc) is 2.69. The summed E-state index contributed by atoms with van der Waals surface area (Å²) in [5, 5.41) is 2.93. The molecule has 1 aliphatic heterocycles. The Morgan fingerprint density at radius 2 is 2.10 bits per heavy atom. The number of nitrogens with zero attached hydrogens (tertiary/aromatic N) is 1. The first-order valence-electron chi connectivity index (χ1n) is 6.97. The van der Waals surface area contributed by atoms with Gasteiger partial charge in [-0.1, -0.05) is 24.3 Å². The van der Waals surface area contributed by atoms with Crippen LogP contribution in [-0.4, -0.2) is 29.3 Å². The zero-order chi connectivity index (χ0) is 14.2. The first kappa shape index (κ1) is 13.4. The fourth-order valence-corrected chi connectivity index (χ4v) is 3.35. The van der Waals surface area contributed by atoms with Gasteiger partial charge in [-0.25, -0.2) is 4.79 Å². The SMILES string of the molecule is O=C1NC2(CCCc3ccccc32)C(=O)N1CCCCl. The number of carbonyl (C=O) groups excluding carboxylic acids is 2. The molecule has 4 nitrogen and oxygen atoms in total. The van der Waals surface area contributed by atoms with Gasteiger partial charge in [0.25, 0.3) is 5.91 Å². The van der Waals surface area contributed by atoms with Crippen molar-refractivity contribution in [2.45, 2.75) is 31.2 Å². The van der Waals surface area contributed by atoms with Crippen LogP contribution in [0.2, 0.25) is 0 Å². The summed E-state index contributed by atoms with van der Waals surface area (Å²) in [6.07, 6.45) is 3.17. The van der Waals surface area contributed by atoms with Gasteiger partial charge < -0.3 is 5.32 Å². The van der Waals surface area contributed by atoms with Gasteiger partial charge in [0.2, 0.25) is 0 Å². The van der Waals surface area contributed by atoms with Crippen LogP contribution >= 0.6 is 11.6 Å². The molecule has 1 atom stereocenters. The van der Waals surface area contributed by atoms with E-state index in [1.54, 1.807) is 0 Å². The summed E-state index contributed by atoms with van der Waals surface area (Å²) in [4.78, 5) is 26.2. The number of hydrogen-bond donors (Lipinski definition) is 1. The monoisotopic (exact) mass is 292 g/mol. The molecule has 3 amide bonds. The Bertz CT molecular complexity index is 561. The van der Waals surface area contributed by atoms with Crippen molar-refractivity contribution in [2.24, 2.45) is 0 Å². The van der Waals surface area contributed by atoms with Crippen LogP contribution in [0, 0.1) is 0 Å². The molecule has 20 heavy (non-hydrogen) atoms. The number of carbonyl (C=O) groups is 2. The lowest BCUT2D eigenvalue weighted by Crippen LogP contribution is -2.46. The van der Waals surface area contributed by atoms with Crippen LogP contribution in [0.3, 0.4) is 0 Å². The highest BCUT2D eigenvalue weighted by Crippen LogP contribution is 2.39. The Labute approximate surface area is 123 Å². The molecule has 3 rings (SSSR count). The number of amides is 3. The van der Waals surface area contributed by atoms with Gasteiger partial charge in [-0.2, -0.15) is 0 Å². The number of fused-ring (bicyclic) bond motifs is 2. The number of imide groups is 1. The average molecular weight is 293 g/mol. The lowest BCUT2D eigenvalue weighted by molar-refractivity contribution is -0.132. The van der Waals surface area contributed by atoms with E-state index in [1.165, 1.54) is 4.90 Å². The van der Waals surface area contributed by atoms with Crippen LogP contribution in [-0.2, 0) is 16.8 Å². The number of rotatable bonds is 3. The largest absolute Gasteiger partial charge is 0.325 e. The third-order valence-electron chi connectivity index (χ3n) is 4.17. The molecule has 106 valence electrons. The van der Waals surface area contributed by atoms with Crippen LogP contribution in [0.5, 0.6) is 0 Å². The number of benzene rings is 1. The smallest absolute Gasteiger partial charge is 0.319 e. The minimum Gasteiger partial charge on any atom is -0.319 e. The van der Waals surface area contributed by atoms with Gasteiger partial charge >= 0.3 is 6.03 Å². The fraction of sp³-hybridized carbons (Fsp3) is 0.467. The molecule has 1 aromatic rings. The fourth-order valence-electron chi connectivity index (χ4n) is 3.23. The Hall–Kier alpha value is -1.55. The molecule has 1 heterocycles. The quantitative estimate of drug-likeness (QED) is 0.687. The summed E-state index contributed by atoms with van der Waals surface area (Å²) in [5.41, 5.74) is 1.27. The van der Waals surface area contributed by atoms with E-state index in [0.29, 0.717) is 25.3 Å². The van der Waals surface area contributed by atoms with Crippen LogP contribution in [0.1, 0.15) is 30.4 Å². The number of aryl methyl sites for hydroxylation is 1. The van der Waals surface area contributed by atoms with Gasteiger partial charge in [0, 0.05) is 12.4 Å². The normalized spacial score (nSPS) is 24.9. The van der Waals surface area contributed by atoms with Gasteiger partial charge in [0.15, 0.2) is 0 Å². The molecule has 1 aromatic carbocycles. The first-order chi connectivity index (χ1) is 9.69. The molecule has 1 spiro atoms. The van der Waals surface area contributed by atoms with Gasteiger partial charge in [0.05, 0.1) is 0 Å². The highest BCUT2D eigenvalue weighted by atomic mass is 35.5. The molecule has 1 unspecified atom stereocenters. The van der Waals surface area contributed by atoms with Crippen LogP contribution in [0.15, 0.2) is 24.3 Å². The third kappa shape index (κ3) is 1.90. The summed E-state index contributed by atoms with van der Waals surface area (Å²) in [6.45, 7) is 0.387. The molecule has 1 saturated heterocycles. The van der Waals surface area contributed by atoms with E-state index in [2.05, 4.69) is 5.32 Å². The highest BCUT2D eigenvalue weighted by molar-refractivity contribution is 6.17. The van der Waals surface area contributed by atoms with E-state index in [4.69, 9.17) is 11.6 Å². The maximum atomic E-state index is 12.8. The highest BCUT2D eigenvalue weighted by Gasteiger charge is 2.53. The molecule has 5 heteroatoms. The molecule has 0 radical (unpaired) electrons. The van der Waals surface area contributed by atoms with Gasteiger partial charge in [-0.15, -0.1) is 11.6 Å². The predicted molar refractivity (Wildman–Crippen MR) is 76.6 cm³/mol. The van der Waals surface area contributed by atoms with Crippen molar-refractivity contribution in [1.29, 1.82) is 0 Å². The summed E-state index contributed by atoms with van der Waals surface area (Å²) >= 11 is 5.66. The Morgan fingerprint density at radius 1 is 1.30 bits per heavy atom. The van der Waals surface area contributed by atoms with Crippen molar-refractivity contribution in [3.05, 3.63) is 35.4 Å². The standard InChI is InChI=1S/C15H17ClN2O2/c16-9-4-10-18-13(19)15(17-14(18)20)8-3-6-11-5-1-2-7-12(11)15/h1-2,5,7H,3-4,6,8-10H2,(H,17,20). The number of halogens is 1. The molecule has 0 aromatic heterocycles. The Balaban J connectivity index is 1.98. The molecular weight excluding hydrogens is 276 g/mol. The van der Waals surface area contributed by atoms with Crippen LogP contribution < -0.4 is 5.32 Å². The molecule has 0 bridgehead atoms. The molecule has 1 fully saturated rings. The number of alkyl halides is 1. The lowest BCUT2D eigenvalue weighted by Gasteiger charge is -2.33. The van der Waals surface area contributed by atoms with E-state index in [0.717, 1.165) is 24.0 Å². The second-order valence-corrected chi connectivity index (χ2v) is 5.72. The number of nitrogens with one attached hydrogen (secondary N) is 1. The van der Waals surface area contributed by atoms with Crippen LogP contribution in [0.4, 0.5) is 4.79 Å². The van der Waals surface area contributed by atoms with Crippen LogP contribution in [0.25, 0.3) is 0 Å². The Kier molecular flexibility index (Phi) is 3.42. The topological polar surface area (TPSA) is 49.4 Å². The molecule has 1 N–H and O–H groups in total. The molecule has 2 aliphatic rings. The van der Waals surface area contributed by atoms with E-state index >= 15 is 0 Å². The third-order valence-corrected chi connectivity index (χ3v) is 4.43. The second kappa shape index (κ2) is 5.09. The summed E-state index contributed by atoms with van der Waals surface area (Å²) < 4.78 is 0. The minimum atomic E-state index is -0.849. The van der Waals surface area contributed by atoms with E-state index in [9.17, 15) is 9.59 Å². The zero-order valence-corrected chi connectivity index (χ0v) is 11.9. The molecular formula is C15H17ClN2O2. The van der Waals surface area contributed by atoms with E-state index < -0.39 is 5.54 Å². The number of urea groups is 1. The zero-order valence-electron chi connectivity index (χ0n) is 11.2. The number of hydrogen-bond acceptors (Lipinski definition) is 2. The van der Waals surface area contributed by atoms with Crippen molar-refractivity contribution < 1.29 is 9.59 Å². The van der Waals surface area contributed by atoms with E-state index in [1.807, 2.05) is 24.3 Å². The first-order valence-corrected chi connectivity index (χ1v) is 7.51. The second-order valence-electron chi connectivity index (χ2n) is 5.35. The molecule has 1 aliphatic carbocycles. The summed E-state index contributed by atoms with van der Waals surface area (Å²) in [6, 6.07) is 7.60. The van der Waals surface area contributed by atoms with Gasteiger partial charge in [-0.05, 0) is 36.8 Å². The summed E-state index contributed by atoms with van der Waals surface area (Å²) in [7, 11) is 0.